The quantitative estimate of drug-likeness (QED) is 0.406. The number of carbonyl (C=O) groups is 2. The van der Waals surface area contributed by atoms with Crippen LogP contribution in [0.5, 0.6) is 17.2 Å². The van der Waals surface area contributed by atoms with Crippen molar-refractivity contribution in [3.05, 3.63) is 59.2 Å². The van der Waals surface area contributed by atoms with Gasteiger partial charge in [-0.05, 0) is 63.0 Å². The summed E-state index contributed by atoms with van der Waals surface area (Å²) in [6.45, 7) is 1.89. The van der Waals surface area contributed by atoms with Crippen LogP contribution in [0.4, 0.5) is 0 Å². The van der Waals surface area contributed by atoms with E-state index in [9.17, 15) is 19.8 Å². The number of phenols is 1. The molecule has 0 unspecified atom stereocenters. The van der Waals surface area contributed by atoms with E-state index in [1.54, 1.807) is 30.3 Å². The van der Waals surface area contributed by atoms with Gasteiger partial charge in [-0.15, -0.1) is 0 Å². The first-order valence-corrected chi connectivity index (χ1v) is 10.5. The van der Waals surface area contributed by atoms with Gasteiger partial charge in [-0.2, -0.15) is 0 Å². The van der Waals surface area contributed by atoms with Gasteiger partial charge >= 0.3 is 0 Å². The first-order valence-electron chi connectivity index (χ1n) is 10.5. The van der Waals surface area contributed by atoms with Crippen molar-refractivity contribution in [3.8, 4) is 17.2 Å². The Morgan fingerprint density at radius 2 is 1.84 bits per heavy atom. The van der Waals surface area contributed by atoms with Crippen LogP contribution in [-0.2, 0) is 9.59 Å². The average Bonchev–Trinajstić information content (AvgIpc) is 3.03. The molecule has 2 aromatic carbocycles. The Hall–Kier alpha value is -3.52. The number of phenolic OH excluding ortho intramolecular Hbond substituents is 1. The highest BCUT2D eigenvalue weighted by molar-refractivity contribution is 6.46. The molecule has 2 N–H and O–H groups in total. The minimum atomic E-state index is -0.808. The molecule has 8 nitrogen and oxygen atoms in total. The van der Waals surface area contributed by atoms with Gasteiger partial charge in [0.2, 0.25) is 0 Å². The number of likely N-dealkylation sites (tertiary alicyclic amines) is 1. The van der Waals surface area contributed by atoms with E-state index >= 15 is 0 Å². The van der Waals surface area contributed by atoms with Gasteiger partial charge in [-0.1, -0.05) is 12.1 Å². The number of aliphatic hydroxyl groups excluding tert-OH is 1. The number of hydrogen-bond acceptors (Lipinski definition) is 7. The number of aromatic hydroxyl groups is 1. The number of amides is 1. The zero-order valence-corrected chi connectivity index (χ0v) is 18.1. The van der Waals surface area contributed by atoms with Crippen molar-refractivity contribution in [1.82, 2.24) is 9.80 Å². The van der Waals surface area contributed by atoms with Crippen molar-refractivity contribution in [2.45, 2.75) is 12.5 Å². The van der Waals surface area contributed by atoms with Crippen LogP contribution in [0.25, 0.3) is 5.76 Å². The Bertz CT molecular complexity index is 1080. The summed E-state index contributed by atoms with van der Waals surface area (Å²) in [5.74, 6) is -0.674. The molecule has 8 heteroatoms. The smallest absolute Gasteiger partial charge is 0.295 e. The number of ketones is 1. The molecular weight excluding hydrogens is 412 g/mol. The lowest BCUT2D eigenvalue weighted by Gasteiger charge is -2.26. The van der Waals surface area contributed by atoms with Crippen LogP contribution >= 0.6 is 0 Å². The molecular formula is C24H26N2O6. The second-order valence-electron chi connectivity index (χ2n) is 8.10. The molecule has 2 aromatic rings. The first-order chi connectivity index (χ1) is 15.4. The van der Waals surface area contributed by atoms with Crippen molar-refractivity contribution in [3.63, 3.8) is 0 Å². The number of nitrogens with zero attached hydrogens (tertiary/aromatic N) is 2. The van der Waals surface area contributed by atoms with Crippen LogP contribution < -0.4 is 9.47 Å². The Morgan fingerprint density at radius 3 is 2.56 bits per heavy atom. The van der Waals surface area contributed by atoms with Crippen LogP contribution in [0.3, 0.4) is 0 Å². The molecule has 1 atom stereocenters. The lowest BCUT2D eigenvalue weighted by Crippen LogP contribution is -2.32. The molecule has 1 amide bonds. The van der Waals surface area contributed by atoms with Gasteiger partial charge in [0, 0.05) is 12.1 Å². The zero-order valence-electron chi connectivity index (χ0n) is 18.1. The van der Waals surface area contributed by atoms with Crippen LogP contribution in [0.2, 0.25) is 0 Å². The number of aliphatic hydroxyl groups is 1. The third-order valence-corrected chi connectivity index (χ3v) is 5.55. The topological polar surface area (TPSA) is 99.5 Å². The number of ether oxygens (including phenoxy) is 2. The number of fused-ring (bicyclic) bond motifs is 1. The van der Waals surface area contributed by atoms with Gasteiger partial charge in [0.25, 0.3) is 11.7 Å². The molecule has 1 saturated heterocycles. The molecule has 2 aliphatic heterocycles. The minimum absolute atomic E-state index is 0.0119. The third-order valence-electron chi connectivity index (χ3n) is 5.55. The maximum Gasteiger partial charge on any atom is 0.295 e. The van der Waals surface area contributed by atoms with Crippen molar-refractivity contribution in [2.24, 2.45) is 0 Å². The number of hydrogen-bond donors (Lipinski definition) is 2. The lowest BCUT2D eigenvalue weighted by molar-refractivity contribution is -0.139. The summed E-state index contributed by atoms with van der Waals surface area (Å²) in [5, 5.41) is 21.2. The molecule has 1 fully saturated rings. The molecule has 0 bridgehead atoms. The summed E-state index contributed by atoms with van der Waals surface area (Å²) in [4.78, 5) is 29.4. The molecule has 2 aliphatic rings. The summed E-state index contributed by atoms with van der Waals surface area (Å²) in [5.41, 5.74) is 0.890. The van der Waals surface area contributed by atoms with Crippen molar-refractivity contribution >= 4 is 17.4 Å². The number of benzene rings is 2. The molecule has 168 valence electrons. The van der Waals surface area contributed by atoms with Crippen LogP contribution in [0.15, 0.2) is 48.0 Å². The van der Waals surface area contributed by atoms with Gasteiger partial charge in [-0.25, -0.2) is 0 Å². The highest BCUT2D eigenvalue weighted by Crippen LogP contribution is 2.41. The molecule has 0 saturated carbocycles. The van der Waals surface area contributed by atoms with Crippen molar-refractivity contribution in [2.75, 3.05) is 40.4 Å². The zero-order chi connectivity index (χ0) is 22.8. The SMILES string of the molecule is CN(C)CCCN1C(=O)C(=O)/C(=C(/O)c2ccc3c(c2)OCCO3)[C@H]1c1cccc(O)c1. The first kappa shape index (κ1) is 21.7. The Morgan fingerprint density at radius 1 is 1.09 bits per heavy atom. The average molecular weight is 438 g/mol. The lowest BCUT2D eigenvalue weighted by atomic mass is 9.95. The van der Waals surface area contributed by atoms with E-state index in [2.05, 4.69) is 0 Å². The molecule has 0 aromatic heterocycles. The molecule has 0 spiro atoms. The van der Waals surface area contributed by atoms with Crippen molar-refractivity contribution in [1.29, 1.82) is 0 Å². The van der Waals surface area contributed by atoms with Gasteiger partial charge in [0.1, 0.15) is 24.7 Å². The fraction of sp³-hybridized carbons (Fsp3) is 0.333. The van der Waals surface area contributed by atoms with Gasteiger partial charge < -0.3 is 29.5 Å². The van der Waals surface area contributed by atoms with Crippen molar-refractivity contribution < 1.29 is 29.3 Å². The fourth-order valence-electron chi connectivity index (χ4n) is 4.06. The maximum absolute atomic E-state index is 13.0. The minimum Gasteiger partial charge on any atom is -0.508 e. The second-order valence-corrected chi connectivity index (χ2v) is 8.10. The number of Topliss-reactive ketones (excluding diaryl/α,β-unsaturated/α-hetero) is 1. The Kier molecular flexibility index (Phi) is 6.05. The number of rotatable bonds is 6. The largest absolute Gasteiger partial charge is 0.508 e. The molecule has 4 rings (SSSR count). The van der Waals surface area contributed by atoms with Crippen LogP contribution in [0.1, 0.15) is 23.6 Å². The van der Waals surface area contributed by atoms with E-state index in [-0.39, 0.29) is 17.1 Å². The third kappa shape index (κ3) is 4.13. The fourth-order valence-corrected chi connectivity index (χ4v) is 4.06. The molecule has 2 heterocycles. The van der Waals surface area contributed by atoms with E-state index in [1.807, 2.05) is 19.0 Å². The predicted octanol–water partition coefficient (Wildman–Crippen LogP) is 2.54. The monoisotopic (exact) mass is 438 g/mol. The summed E-state index contributed by atoms with van der Waals surface area (Å²) in [6.07, 6.45) is 0.652. The van der Waals surface area contributed by atoms with E-state index in [4.69, 9.17) is 9.47 Å². The van der Waals surface area contributed by atoms with Gasteiger partial charge in [0.05, 0.1) is 11.6 Å². The highest BCUT2D eigenvalue weighted by Gasteiger charge is 2.46. The van der Waals surface area contributed by atoms with Crippen LogP contribution in [0, 0.1) is 0 Å². The highest BCUT2D eigenvalue weighted by atomic mass is 16.6. The predicted molar refractivity (Wildman–Crippen MR) is 118 cm³/mol. The van der Waals surface area contributed by atoms with E-state index in [0.717, 1.165) is 6.54 Å². The van der Waals surface area contributed by atoms with Gasteiger partial charge in [-0.3, -0.25) is 9.59 Å². The van der Waals surface area contributed by atoms with Gasteiger partial charge in [0.15, 0.2) is 11.5 Å². The molecule has 32 heavy (non-hydrogen) atoms. The summed E-state index contributed by atoms with van der Waals surface area (Å²) < 4.78 is 11.1. The van der Waals surface area contributed by atoms with E-state index in [0.29, 0.717) is 48.8 Å². The second kappa shape index (κ2) is 8.92. The normalized spacial score (nSPS) is 19.6. The van der Waals surface area contributed by atoms with E-state index in [1.165, 1.54) is 17.0 Å². The molecule has 0 radical (unpaired) electrons. The number of carbonyl (C=O) groups excluding carboxylic acids is 2. The Labute approximate surface area is 186 Å². The Balaban J connectivity index is 1.79. The van der Waals surface area contributed by atoms with E-state index < -0.39 is 17.7 Å². The summed E-state index contributed by atoms with van der Waals surface area (Å²) in [6, 6.07) is 10.5. The summed E-state index contributed by atoms with van der Waals surface area (Å²) in [7, 11) is 3.87. The van der Waals surface area contributed by atoms with Crippen LogP contribution in [-0.4, -0.2) is 72.1 Å². The molecule has 0 aliphatic carbocycles. The maximum atomic E-state index is 13.0. The summed E-state index contributed by atoms with van der Waals surface area (Å²) >= 11 is 0. The standard InChI is InChI=1S/C24H26N2O6/c1-25(2)9-4-10-26-21(15-5-3-6-17(27)13-15)20(23(29)24(26)30)22(28)16-7-8-18-19(14-16)32-12-11-31-18/h3,5-8,13-14,21,27-28H,4,9-12H2,1-2H3/b22-20+/t21-/m1/s1.